The fourth-order valence-electron chi connectivity index (χ4n) is 3.12. The van der Waals surface area contributed by atoms with E-state index in [1.54, 1.807) is 12.4 Å². The van der Waals surface area contributed by atoms with Gasteiger partial charge in [0.15, 0.2) is 0 Å². The quantitative estimate of drug-likeness (QED) is 0.875. The van der Waals surface area contributed by atoms with Gasteiger partial charge in [0.2, 0.25) is 0 Å². The number of piperidine rings is 1. The van der Waals surface area contributed by atoms with E-state index in [0.717, 1.165) is 51.1 Å². The van der Waals surface area contributed by atoms with Crippen molar-refractivity contribution in [3.05, 3.63) is 23.8 Å². The fourth-order valence-corrected chi connectivity index (χ4v) is 3.12. The van der Waals surface area contributed by atoms with Crippen LogP contribution >= 0.6 is 0 Å². The summed E-state index contributed by atoms with van der Waals surface area (Å²) in [5.41, 5.74) is 1.13. The van der Waals surface area contributed by atoms with Gasteiger partial charge < -0.3 is 15.4 Å². The first-order valence-electron chi connectivity index (χ1n) is 8.11. The average Bonchev–Trinajstić information content (AvgIpc) is 3.01. The molecule has 3 rings (SSSR count). The lowest BCUT2D eigenvalue weighted by atomic mass is 9.95. The molecule has 2 saturated heterocycles. The molecule has 0 saturated carbocycles. The molecule has 1 atom stereocenters. The molecule has 2 fully saturated rings. The van der Waals surface area contributed by atoms with Crippen molar-refractivity contribution in [2.75, 3.05) is 26.2 Å². The number of hydrogen-bond acceptors (Lipinski definition) is 5. The summed E-state index contributed by atoms with van der Waals surface area (Å²) >= 11 is 0. The smallest absolute Gasteiger partial charge is 0.271 e. The number of hydrogen-bond donors (Lipinski definition) is 2. The second kappa shape index (κ2) is 6.71. The van der Waals surface area contributed by atoms with Crippen LogP contribution in [0.4, 0.5) is 0 Å². The summed E-state index contributed by atoms with van der Waals surface area (Å²) < 4.78 is 5.67. The summed E-state index contributed by atoms with van der Waals surface area (Å²) in [7, 11) is 0. The second-order valence-corrected chi connectivity index (χ2v) is 6.44. The highest BCUT2D eigenvalue weighted by Gasteiger charge is 2.30. The maximum atomic E-state index is 12.2. The van der Waals surface area contributed by atoms with Crippen molar-refractivity contribution < 1.29 is 9.53 Å². The van der Waals surface area contributed by atoms with Gasteiger partial charge in [-0.05, 0) is 45.7 Å². The van der Waals surface area contributed by atoms with E-state index >= 15 is 0 Å². The van der Waals surface area contributed by atoms with Crippen LogP contribution in [0.5, 0.6) is 0 Å². The first kappa shape index (κ1) is 15.4. The highest BCUT2D eigenvalue weighted by molar-refractivity contribution is 5.91. The van der Waals surface area contributed by atoms with Crippen molar-refractivity contribution in [2.45, 2.75) is 44.1 Å². The van der Waals surface area contributed by atoms with Gasteiger partial charge in [-0.25, -0.2) is 4.98 Å². The Balaban J connectivity index is 1.56. The monoisotopic (exact) mass is 304 g/mol. The minimum absolute atomic E-state index is 0.180. The molecule has 120 valence electrons. The standard InChI is InChI=1S/C16H24N4O2/c1-16(5-2-8-22-16)11-20-15(21)14-10-18-13(9-19-14)12-3-6-17-7-4-12/h9-10,12,17H,2-8,11H2,1H3,(H,20,21). The molecular formula is C16H24N4O2. The van der Waals surface area contributed by atoms with Gasteiger partial charge in [0.05, 0.1) is 17.5 Å². The first-order chi connectivity index (χ1) is 10.7. The van der Waals surface area contributed by atoms with E-state index in [0.29, 0.717) is 18.2 Å². The summed E-state index contributed by atoms with van der Waals surface area (Å²) in [6, 6.07) is 0. The molecule has 0 spiro atoms. The van der Waals surface area contributed by atoms with Gasteiger partial charge in [-0.1, -0.05) is 0 Å². The van der Waals surface area contributed by atoms with Crippen molar-refractivity contribution >= 4 is 5.91 Å². The molecule has 0 aliphatic carbocycles. The van der Waals surface area contributed by atoms with Crippen LogP contribution in [0.3, 0.4) is 0 Å². The van der Waals surface area contributed by atoms with E-state index in [4.69, 9.17) is 4.74 Å². The van der Waals surface area contributed by atoms with E-state index in [1.807, 2.05) is 6.92 Å². The molecule has 22 heavy (non-hydrogen) atoms. The summed E-state index contributed by atoms with van der Waals surface area (Å²) in [4.78, 5) is 20.9. The van der Waals surface area contributed by atoms with Gasteiger partial charge in [-0.3, -0.25) is 9.78 Å². The Morgan fingerprint density at radius 2 is 2.23 bits per heavy atom. The van der Waals surface area contributed by atoms with Gasteiger partial charge in [-0.15, -0.1) is 0 Å². The number of amides is 1. The molecule has 1 aromatic heterocycles. The van der Waals surface area contributed by atoms with Gasteiger partial charge in [0.1, 0.15) is 5.69 Å². The van der Waals surface area contributed by atoms with E-state index in [9.17, 15) is 4.79 Å². The van der Waals surface area contributed by atoms with Gasteiger partial charge in [0.25, 0.3) is 5.91 Å². The average molecular weight is 304 g/mol. The van der Waals surface area contributed by atoms with Crippen molar-refractivity contribution in [1.82, 2.24) is 20.6 Å². The molecule has 0 radical (unpaired) electrons. The summed E-state index contributed by atoms with van der Waals surface area (Å²) in [5, 5.41) is 6.24. The Bertz CT molecular complexity index is 505. The number of rotatable bonds is 4. The molecule has 2 aliphatic rings. The lowest BCUT2D eigenvalue weighted by molar-refractivity contribution is 0.0205. The van der Waals surface area contributed by atoms with Crippen LogP contribution in [0.1, 0.15) is 54.7 Å². The lowest BCUT2D eigenvalue weighted by Gasteiger charge is -2.23. The van der Waals surface area contributed by atoms with Crippen molar-refractivity contribution in [2.24, 2.45) is 0 Å². The molecule has 0 aromatic carbocycles. The lowest BCUT2D eigenvalue weighted by Crippen LogP contribution is -2.40. The Morgan fingerprint density at radius 3 is 2.86 bits per heavy atom. The minimum atomic E-state index is -0.238. The Hall–Kier alpha value is -1.53. The largest absolute Gasteiger partial charge is 0.373 e. The number of carbonyl (C=O) groups is 1. The predicted octanol–water partition coefficient (Wildman–Crippen LogP) is 1.24. The summed E-state index contributed by atoms with van der Waals surface area (Å²) in [6.45, 7) is 5.37. The van der Waals surface area contributed by atoms with Crippen molar-refractivity contribution in [3.8, 4) is 0 Å². The molecule has 6 nitrogen and oxygen atoms in total. The highest BCUT2D eigenvalue weighted by atomic mass is 16.5. The molecule has 6 heteroatoms. The van der Waals surface area contributed by atoms with Crippen LogP contribution in [0.25, 0.3) is 0 Å². The van der Waals surface area contributed by atoms with Crippen LogP contribution < -0.4 is 10.6 Å². The normalized spacial score (nSPS) is 26.0. The number of aromatic nitrogens is 2. The molecule has 1 amide bonds. The zero-order chi connectivity index (χ0) is 15.4. The molecule has 2 N–H and O–H groups in total. The summed E-state index contributed by atoms with van der Waals surface area (Å²) in [6.07, 6.45) is 7.53. The highest BCUT2D eigenvalue weighted by Crippen LogP contribution is 2.24. The third-order valence-corrected chi connectivity index (χ3v) is 4.59. The van der Waals surface area contributed by atoms with E-state index < -0.39 is 0 Å². The Morgan fingerprint density at radius 1 is 1.41 bits per heavy atom. The number of ether oxygens (including phenoxy) is 1. The molecule has 0 bridgehead atoms. The summed E-state index contributed by atoms with van der Waals surface area (Å²) in [5.74, 6) is 0.276. The Kier molecular flexibility index (Phi) is 4.69. The first-order valence-corrected chi connectivity index (χ1v) is 8.11. The van der Waals surface area contributed by atoms with Crippen LogP contribution in [0.2, 0.25) is 0 Å². The molecule has 1 aromatic rings. The maximum Gasteiger partial charge on any atom is 0.271 e. The Labute approximate surface area is 131 Å². The maximum absolute atomic E-state index is 12.2. The zero-order valence-corrected chi connectivity index (χ0v) is 13.1. The zero-order valence-electron chi connectivity index (χ0n) is 13.1. The van der Waals surface area contributed by atoms with E-state index in [2.05, 4.69) is 20.6 Å². The van der Waals surface area contributed by atoms with Crippen LogP contribution in [0, 0.1) is 0 Å². The molecule has 1 unspecified atom stereocenters. The van der Waals surface area contributed by atoms with E-state index in [-0.39, 0.29) is 11.5 Å². The van der Waals surface area contributed by atoms with Gasteiger partial charge >= 0.3 is 0 Å². The fraction of sp³-hybridized carbons (Fsp3) is 0.688. The van der Waals surface area contributed by atoms with Gasteiger partial charge in [0, 0.05) is 25.3 Å². The third-order valence-electron chi connectivity index (χ3n) is 4.59. The third kappa shape index (κ3) is 3.62. The number of nitrogens with one attached hydrogen (secondary N) is 2. The number of nitrogens with zero attached hydrogens (tertiary/aromatic N) is 2. The van der Waals surface area contributed by atoms with Crippen LogP contribution in [0.15, 0.2) is 12.4 Å². The SMILES string of the molecule is CC1(CNC(=O)c2cnc(C3CCNCC3)cn2)CCCO1. The number of carbonyl (C=O) groups excluding carboxylic acids is 1. The molecule has 2 aliphatic heterocycles. The van der Waals surface area contributed by atoms with Gasteiger partial charge in [-0.2, -0.15) is 0 Å². The predicted molar refractivity (Wildman–Crippen MR) is 82.8 cm³/mol. The van der Waals surface area contributed by atoms with Crippen molar-refractivity contribution in [1.29, 1.82) is 0 Å². The van der Waals surface area contributed by atoms with Crippen molar-refractivity contribution in [3.63, 3.8) is 0 Å². The molecular weight excluding hydrogens is 280 g/mol. The molecule has 3 heterocycles. The van der Waals surface area contributed by atoms with Crippen LogP contribution in [-0.2, 0) is 4.74 Å². The van der Waals surface area contributed by atoms with Crippen LogP contribution in [-0.4, -0.2) is 47.7 Å². The second-order valence-electron chi connectivity index (χ2n) is 6.44. The minimum Gasteiger partial charge on any atom is -0.373 e. The topological polar surface area (TPSA) is 76.1 Å². The van der Waals surface area contributed by atoms with E-state index in [1.165, 1.54) is 0 Å².